The van der Waals surface area contributed by atoms with E-state index in [2.05, 4.69) is 50.3 Å². The Kier molecular flexibility index (Phi) is 34.1. The number of aliphatic hydroxyl groups is 1. The molecule has 0 aliphatic rings. The zero-order valence-corrected chi connectivity index (χ0v) is 28.9. The van der Waals surface area contributed by atoms with Gasteiger partial charge in [-0.05, 0) is 70.6 Å². The molecule has 0 aliphatic heterocycles. The van der Waals surface area contributed by atoms with Crippen LogP contribution in [0.5, 0.6) is 0 Å². The molecule has 0 radical (unpaired) electrons. The topological polar surface area (TPSA) is 72.8 Å². The Morgan fingerprint density at radius 2 is 0.909 bits per heavy atom. The summed E-state index contributed by atoms with van der Waals surface area (Å²) in [5.74, 6) is -0.617. The summed E-state index contributed by atoms with van der Waals surface area (Å²) in [5, 5.41) is 9.53. The molecule has 1 N–H and O–H groups in total. The molecule has 0 rings (SSSR count). The molecule has 0 saturated carbocycles. The van der Waals surface area contributed by atoms with Crippen LogP contribution in [-0.2, 0) is 19.1 Å². The second kappa shape index (κ2) is 35.6. The highest BCUT2D eigenvalue weighted by atomic mass is 16.6. The average molecular weight is 619 g/mol. The minimum atomic E-state index is -0.779. The van der Waals surface area contributed by atoms with Gasteiger partial charge in [0, 0.05) is 12.8 Å². The van der Waals surface area contributed by atoms with Crippen LogP contribution in [0.3, 0.4) is 0 Å². The lowest BCUT2D eigenvalue weighted by Gasteiger charge is -2.15. The molecule has 0 bridgehead atoms. The van der Waals surface area contributed by atoms with Gasteiger partial charge in [0.25, 0.3) is 0 Å². The standard InChI is InChI=1S/C39H70O5/c1-3-5-7-9-11-13-15-17-19-21-23-25-27-29-31-33-38(41)43-36-37(35-40)44-39(42)34-32-30-28-26-24-22-20-18-16-14-12-10-8-6-4-2/h12,14,17-20,37,40H,3-11,13,15-16,21-36H2,1-2H3/t37-/m0/s1. The number of carbonyl (C=O) groups excluding carboxylic acids is 2. The van der Waals surface area contributed by atoms with E-state index in [1.165, 1.54) is 89.9 Å². The van der Waals surface area contributed by atoms with Crippen LogP contribution in [0, 0.1) is 0 Å². The van der Waals surface area contributed by atoms with Crippen molar-refractivity contribution in [2.24, 2.45) is 0 Å². The van der Waals surface area contributed by atoms with Crippen molar-refractivity contribution in [3.05, 3.63) is 36.5 Å². The molecule has 0 aromatic heterocycles. The monoisotopic (exact) mass is 619 g/mol. The second-order valence-electron chi connectivity index (χ2n) is 12.3. The van der Waals surface area contributed by atoms with Crippen LogP contribution in [0.15, 0.2) is 36.5 Å². The fraction of sp³-hybridized carbons (Fsp3) is 0.795. The van der Waals surface area contributed by atoms with Crippen molar-refractivity contribution < 1.29 is 24.2 Å². The molecule has 0 unspecified atom stereocenters. The average Bonchev–Trinajstić information content (AvgIpc) is 3.02. The van der Waals surface area contributed by atoms with Crippen LogP contribution >= 0.6 is 0 Å². The number of esters is 2. The number of aliphatic hydroxyl groups excluding tert-OH is 1. The van der Waals surface area contributed by atoms with Gasteiger partial charge in [0.15, 0.2) is 6.10 Å². The zero-order valence-electron chi connectivity index (χ0n) is 28.9. The fourth-order valence-electron chi connectivity index (χ4n) is 5.05. The van der Waals surface area contributed by atoms with Crippen LogP contribution in [0.2, 0.25) is 0 Å². The summed E-state index contributed by atoms with van der Waals surface area (Å²) < 4.78 is 10.6. The van der Waals surface area contributed by atoms with Crippen molar-refractivity contribution in [3.8, 4) is 0 Å². The predicted molar refractivity (Wildman–Crippen MR) is 187 cm³/mol. The lowest BCUT2D eigenvalue weighted by atomic mass is 10.1. The first-order chi connectivity index (χ1) is 21.6. The van der Waals surface area contributed by atoms with E-state index in [-0.39, 0.29) is 25.2 Å². The molecule has 0 fully saturated rings. The van der Waals surface area contributed by atoms with E-state index in [1.807, 2.05) is 0 Å². The highest BCUT2D eigenvalue weighted by Gasteiger charge is 2.16. The summed E-state index contributed by atoms with van der Waals surface area (Å²) in [5.41, 5.74) is 0. The van der Waals surface area contributed by atoms with Crippen LogP contribution in [0.1, 0.15) is 181 Å². The highest BCUT2D eigenvalue weighted by molar-refractivity contribution is 5.70. The molecule has 0 aromatic carbocycles. The summed E-state index contributed by atoms with van der Waals surface area (Å²) in [7, 11) is 0. The van der Waals surface area contributed by atoms with E-state index in [0.717, 1.165) is 64.2 Å². The third-order valence-corrected chi connectivity index (χ3v) is 7.91. The van der Waals surface area contributed by atoms with Crippen LogP contribution in [0.4, 0.5) is 0 Å². The van der Waals surface area contributed by atoms with Gasteiger partial charge in [-0.2, -0.15) is 0 Å². The third-order valence-electron chi connectivity index (χ3n) is 7.91. The Balaban J connectivity index is 3.61. The van der Waals surface area contributed by atoms with Gasteiger partial charge in [-0.15, -0.1) is 0 Å². The molecule has 1 atom stereocenters. The summed E-state index contributed by atoms with van der Waals surface area (Å²) in [6, 6.07) is 0. The normalized spacial score (nSPS) is 12.5. The van der Waals surface area contributed by atoms with Crippen molar-refractivity contribution in [2.45, 2.75) is 187 Å². The highest BCUT2D eigenvalue weighted by Crippen LogP contribution is 2.12. The molecule has 0 aliphatic carbocycles. The molecule has 256 valence electrons. The molecule has 0 aromatic rings. The number of unbranched alkanes of at least 4 members (excludes halogenated alkanes) is 19. The number of hydrogen-bond acceptors (Lipinski definition) is 5. The maximum absolute atomic E-state index is 12.1. The van der Waals surface area contributed by atoms with Gasteiger partial charge in [-0.25, -0.2) is 0 Å². The molecule has 5 heteroatoms. The molecule has 44 heavy (non-hydrogen) atoms. The smallest absolute Gasteiger partial charge is 0.306 e. The summed E-state index contributed by atoms with van der Waals surface area (Å²) in [6.07, 6.45) is 41.9. The van der Waals surface area contributed by atoms with E-state index in [1.54, 1.807) is 0 Å². The van der Waals surface area contributed by atoms with Gasteiger partial charge in [-0.1, -0.05) is 134 Å². The van der Waals surface area contributed by atoms with Crippen LogP contribution < -0.4 is 0 Å². The summed E-state index contributed by atoms with van der Waals surface area (Å²) >= 11 is 0. The maximum atomic E-state index is 12.1. The van der Waals surface area contributed by atoms with E-state index in [4.69, 9.17) is 9.47 Å². The van der Waals surface area contributed by atoms with Crippen molar-refractivity contribution in [2.75, 3.05) is 13.2 Å². The van der Waals surface area contributed by atoms with Crippen LogP contribution in [0.25, 0.3) is 0 Å². The molecule has 0 saturated heterocycles. The van der Waals surface area contributed by atoms with Crippen molar-refractivity contribution in [3.63, 3.8) is 0 Å². The first-order valence-electron chi connectivity index (χ1n) is 18.5. The molecular formula is C39H70O5. The lowest BCUT2D eigenvalue weighted by Crippen LogP contribution is -2.28. The largest absolute Gasteiger partial charge is 0.462 e. The van der Waals surface area contributed by atoms with Gasteiger partial charge in [-0.3, -0.25) is 9.59 Å². The number of ether oxygens (including phenoxy) is 2. The Morgan fingerprint density at radius 1 is 0.523 bits per heavy atom. The molecule has 0 amide bonds. The van der Waals surface area contributed by atoms with E-state index >= 15 is 0 Å². The zero-order chi connectivity index (χ0) is 32.2. The number of allylic oxidation sites excluding steroid dienone is 6. The van der Waals surface area contributed by atoms with E-state index < -0.39 is 6.10 Å². The lowest BCUT2D eigenvalue weighted by molar-refractivity contribution is -0.161. The van der Waals surface area contributed by atoms with Crippen molar-refractivity contribution in [1.82, 2.24) is 0 Å². The fourth-order valence-corrected chi connectivity index (χ4v) is 5.05. The molecular weight excluding hydrogens is 548 g/mol. The number of rotatable bonds is 33. The molecule has 0 heterocycles. The van der Waals surface area contributed by atoms with E-state index in [0.29, 0.717) is 12.8 Å². The SMILES string of the molecule is CCCCCC=CCC=CCCCCCCCC(=O)O[C@@H](CO)COC(=O)CCCCCCCC=CCCCCCCCC. The first-order valence-corrected chi connectivity index (χ1v) is 18.5. The van der Waals surface area contributed by atoms with Gasteiger partial charge >= 0.3 is 11.9 Å². The predicted octanol–water partition coefficient (Wildman–Crippen LogP) is 11.3. The minimum absolute atomic E-state index is 0.0751. The van der Waals surface area contributed by atoms with Crippen molar-refractivity contribution >= 4 is 11.9 Å². The van der Waals surface area contributed by atoms with Gasteiger partial charge in [0.2, 0.25) is 0 Å². The summed E-state index contributed by atoms with van der Waals surface area (Å²) in [6.45, 7) is 4.08. The van der Waals surface area contributed by atoms with Gasteiger partial charge in [0.1, 0.15) is 6.61 Å². The van der Waals surface area contributed by atoms with Gasteiger partial charge in [0.05, 0.1) is 6.61 Å². The molecule has 0 spiro atoms. The number of carbonyl (C=O) groups is 2. The first kappa shape index (κ1) is 42.1. The third kappa shape index (κ3) is 33.0. The Hall–Kier alpha value is -1.88. The van der Waals surface area contributed by atoms with Crippen molar-refractivity contribution in [1.29, 1.82) is 0 Å². The maximum Gasteiger partial charge on any atom is 0.306 e. The number of hydrogen-bond donors (Lipinski definition) is 1. The van der Waals surface area contributed by atoms with Crippen LogP contribution in [-0.4, -0.2) is 36.4 Å². The Morgan fingerprint density at radius 3 is 1.41 bits per heavy atom. The molecule has 5 nitrogen and oxygen atoms in total. The Labute approximate surface area is 272 Å². The minimum Gasteiger partial charge on any atom is -0.462 e. The second-order valence-corrected chi connectivity index (χ2v) is 12.3. The Bertz CT molecular complexity index is 711. The van der Waals surface area contributed by atoms with E-state index in [9.17, 15) is 14.7 Å². The summed E-state index contributed by atoms with van der Waals surface area (Å²) in [4.78, 5) is 24.2. The quantitative estimate of drug-likeness (QED) is 0.0450. The van der Waals surface area contributed by atoms with Gasteiger partial charge < -0.3 is 14.6 Å².